The molecule has 1 aromatic carbocycles. The van der Waals surface area contributed by atoms with Crippen LogP contribution in [0.15, 0.2) is 35.3 Å². The largest absolute Gasteiger partial charge is 0.357 e. The van der Waals surface area contributed by atoms with Gasteiger partial charge in [0.2, 0.25) is 5.91 Å². The van der Waals surface area contributed by atoms with Gasteiger partial charge in [0.1, 0.15) is 0 Å². The van der Waals surface area contributed by atoms with E-state index in [0.29, 0.717) is 25.2 Å². The quantitative estimate of drug-likeness (QED) is 0.363. The van der Waals surface area contributed by atoms with E-state index < -0.39 is 0 Å². The van der Waals surface area contributed by atoms with E-state index in [1.54, 1.807) is 0 Å². The second kappa shape index (κ2) is 10.2. The maximum atomic E-state index is 11.7. The Balaban J connectivity index is 1.49. The monoisotopic (exact) mass is 400 g/mol. The Morgan fingerprint density at radius 1 is 1.28 bits per heavy atom. The van der Waals surface area contributed by atoms with Gasteiger partial charge < -0.3 is 16.0 Å². The van der Waals surface area contributed by atoms with E-state index >= 15 is 0 Å². The van der Waals surface area contributed by atoms with Crippen LogP contribution in [-0.2, 0) is 11.3 Å². The van der Waals surface area contributed by atoms with E-state index in [0.717, 1.165) is 38.4 Å². The molecule has 3 N–H and O–H groups in total. The van der Waals surface area contributed by atoms with Crippen molar-refractivity contribution >= 4 is 17.9 Å². The van der Waals surface area contributed by atoms with Crippen molar-refractivity contribution in [2.24, 2.45) is 4.99 Å². The number of nitrogens with one attached hydrogen (secondary N) is 3. The van der Waals surface area contributed by atoms with Gasteiger partial charge in [0.15, 0.2) is 5.96 Å². The van der Waals surface area contributed by atoms with Crippen molar-refractivity contribution in [3.63, 3.8) is 0 Å². The van der Waals surface area contributed by atoms with Gasteiger partial charge in [-0.05, 0) is 32.3 Å². The SMILES string of the molecule is CCNC(=NCCN1C(=O)CNC1=O)NC1CCN(Cc2ccccc2)C(C)C1. The van der Waals surface area contributed by atoms with Crippen LogP contribution in [0.1, 0.15) is 32.3 Å². The first kappa shape index (κ1) is 21.1. The smallest absolute Gasteiger partial charge is 0.324 e. The molecule has 1 aromatic rings. The Kier molecular flexibility index (Phi) is 7.46. The summed E-state index contributed by atoms with van der Waals surface area (Å²) in [4.78, 5) is 31.6. The number of carbonyl (C=O) groups excluding carboxylic acids is 2. The summed E-state index contributed by atoms with van der Waals surface area (Å²) in [7, 11) is 0. The van der Waals surface area contributed by atoms with Crippen molar-refractivity contribution < 1.29 is 9.59 Å². The maximum Gasteiger partial charge on any atom is 0.324 e. The van der Waals surface area contributed by atoms with E-state index in [2.05, 4.69) is 63.1 Å². The summed E-state index contributed by atoms with van der Waals surface area (Å²) in [6.07, 6.45) is 2.10. The van der Waals surface area contributed by atoms with Gasteiger partial charge in [-0.25, -0.2) is 4.79 Å². The Bertz CT molecular complexity index is 707. The van der Waals surface area contributed by atoms with Gasteiger partial charge in [-0.2, -0.15) is 0 Å². The van der Waals surface area contributed by atoms with Gasteiger partial charge in [0, 0.05) is 31.7 Å². The number of imide groups is 1. The van der Waals surface area contributed by atoms with E-state index in [4.69, 9.17) is 0 Å². The highest BCUT2D eigenvalue weighted by Gasteiger charge is 2.28. The first-order valence-electron chi connectivity index (χ1n) is 10.5. The van der Waals surface area contributed by atoms with Crippen molar-refractivity contribution in [1.29, 1.82) is 0 Å². The van der Waals surface area contributed by atoms with Gasteiger partial charge in [0.05, 0.1) is 19.6 Å². The summed E-state index contributed by atoms with van der Waals surface area (Å²) in [5.74, 6) is 0.552. The normalized spacial score (nSPS) is 23.2. The van der Waals surface area contributed by atoms with Crippen molar-refractivity contribution in [2.75, 3.05) is 32.7 Å². The van der Waals surface area contributed by atoms with Crippen LogP contribution in [0.3, 0.4) is 0 Å². The number of amides is 3. The zero-order valence-corrected chi connectivity index (χ0v) is 17.4. The number of nitrogens with zero attached hydrogens (tertiary/aromatic N) is 3. The molecule has 8 heteroatoms. The van der Waals surface area contributed by atoms with E-state index in [9.17, 15) is 9.59 Å². The second-order valence-electron chi connectivity index (χ2n) is 7.64. The third-order valence-electron chi connectivity index (χ3n) is 5.46. The molecular formula is C21H32N6O2. The molecule has 3 rings (SSSR count). The van der Waals surface area contributed by atoms with E-state index in [1.165, 1.54) is 10.5 Å². The number of benzene rings is 1. The van der Waals surface area contributed by atoms with Gasteiger partial charge in [-0.1, -0.05) is 30.3 Å². The Hall–Kier alpha value is -2.61. The number of likely N-dealkylation sites (tertiary alicyclic amines) is 1. The summed E-state index contributed by atoms with van der Waals surface area (Å²) in [6.45, 7) is 7.85. The molecule has 2 saturated heterocycles. The van der Waals surface area contributed by atoms with Crippen LogP contribution < -0.4 is 16.0 Å². The molecule has 29 heavy (non-hydrogen) atoms. The van der Waals surface area contributed by atoms with Gasteiger partial charge in [-0.15, -0.1) is 0 Å². The molecule has 3 amide bonds. The molecule has 8 nitrogen and oxygen atoms in total. The van der Waals surface area contributed by atoms with Crippen LogP contribution in [0.25, 0.3) is 0 Å². The molecule has 2 fully saturated rings. The summed E-state index contributed by atoms with van der Waals surface area (Å²) in [6, 6.07) is 11.1. The number of piperidine rings is 1. The highest BCUT2D eigenvalue weighted by Crippen LogP contribution is 2.19. The predicted molar refractivity (Wildman–Crippen MR) is 114 cm³/mol. The summed E-state index contributed by atoms with van der Waals surface area (Å²) < 4.78 is 0. The van der Waals surface area contributed by atoms with Crippen LogP contribution >= 0.6 is 0 Å². The molecule has 158 valence electrons. The number of guanidine groups is 1. The van der Waals surface area contributed by atoms with Crippen LogP contribution in [0, 0.1) is 0 Å². The molecule has 0 spiro atoms. The van der Waals surface area contributed by atoms with E-state index in [-0.39, 0.29) is 18.5 Å². The molecule has 0 saturated carbocycles. The zero-order chi connectivity index (χ0) is 20.6. The van der Waals surface area contributed by atoms with Crippen molar-refractivity contribution in [3.8, 4) is 0 Å². The number of urea groups is 1. The van der Waals surface area contributed by atoms with Crippen molar-refractivity contribution in [2.45, 2.75) is 45.3 Å². The maximum absolute atomic E-state index is 11.7. The average Bonchev–Trinajstić information content (AvgIpc) is 3.03. The van der Waals surface area contributed by atoms with Gasteiger partial charge in [0.25, 0.3) is 0 Å². The summed E-state index contributed by atoms with van der Waals surface area (Å²) >= 11 is 0. The fourth-order valence-corrected chi connectivity index (χ4v) is 3.86. The number of aliphatic imine (C=N–C) groups is 1. The standard InChI is InChI=1S/C21H32N6O2/c1-3-22-20(23-10-12-27-19(28)14-24-21(27)29)25-18-9-11-26(16(2)13-18)15-17-7-5-4-6-8-17/h4-8,16,18H,3,9-15H2,1-2H3,(H,24,29)(H2,22,23,25). The molecule has 0 aromatic heterocycles. The molecule has 2 heterocycles. The third kappa shape index (κ3) is 5.93. The van der Waals surface area contributed by atoms with Crippen molar-refractivity contribution in [1.82, 2.24) is 25.8 Å². The molecular weight excluding hydrogens is 368 g/mol. The van der Waals surface area contributed by atoms with Crippen LogP contribution in [0.2, 0.25) is 0 Å². The number of hydrogen-bond acceptors (Lipinski definition) is 4. The molecule has 0 radical (unpaired) electrons. The molecule has 0 bridgehead atoms. The van der Waals surface area contributed by atoms with Crippen LogP contribution in [0.5, 0.6) is 0 Å². The topological polar surface area (TPSA) is 89.1 Å². The van der Waals surface area contributed by atoms with Crippen LogP contribution in [-0.4, -0.2) is 72.5 Å². The molecule has 2 atom stereocenters. The molecule has 2 unspecified atom stereocenters. The number of carbonyl (C=O) groups is 2. The molecule has 0 aliphatic carbocycles. The minimum Gasteiger partial charge on any atom is -0.357 e. The number of hydrogen-bond donors (Lipinski definition) is 3. The minimum atomic E-state index is -0.331. The average molecular weight is 401 g/mol. The lowest BCUT2D eigenvalue weighted by Gasteiger charge is -2.38. The lowest BCUT2D eigenvalue weighted by molar-refractivity contribution is -0.124. The van der Waals surface area contributed by atoms with Gasteiger partial charge >= 0.3 is 6.03 Å². The second-order valence-corrected chi connectivity index (χ2v) is 7.64. The highest BCUT2D eigenvalue weighted by atomic mass is 16.2. The first-order valence-corrected chi connectivity index (χ1v) is 10.5. The fraction of sp³-hybridized carbons (Fsp3) is 0.571. The van der Waals surface area contributed by atoms with E-state index in [1.807, 2.05) is 6.92 Å². The highest BCUT2D eigenvalue weighted by molar-refractivity contribution is 6.01. The zero-order valence-electron chi connectivity index (χ0n) is 17.4. The fourth-order valence-electron chi connectivity index (χ4n) is 3.86. The first-order chi connectivity index (χ1) is 14.1. The predicted octanol–water partition coefficient (Wildman–Crippen LogP) is 1.15. The lowest BCUT2D eigenvalue weighted by Crippen LogP contribution is -2.51. The minimum absolute atomic E-state index is 0.0836. The van der Waals surface area contributed by atoms with Crippen LogP contribution in [0.4, 0.5) is 4.79 Å². The Morgan fingerprint density at radius 3 is 2.72 bits per heavy atom. The Morgan fingerprint density at radius 2 is 2.07 bits per heavy atom. The van der Waals surface area contributed by atoms with Crippen molar-refractivity contribution in [3.05, 3.63) is 35.9 Å². The van der Waals surface area contributed by atoms with Gasteiger partial charge in [-0.3, -0.25) is 19.6 Å². The third-order valence-corrected chi connectivity index (χ3v) is 5.46. The Labute approximate surface area is 172 Å². The number of rotatable bonds is 7. The molecule has 2 aliphatic rings. The lowest BCUT2D eigenvalue weighted by atomic mass is 9.97. The molecule has 2 aliphatic heterocycles. The summed E-state index contributed by atoms with van der Waals surface area (Å²) in [5.41, 5.74) is 1.35. The summed E-state index contributed by atoms with van der Waals surface area (Å²) in [5, 5.41) is 9.32.